The van der Waals surface area contributed by atoms with Gasteiger partial charge in [0.15, 0.2) is 0 Å². The maximum atomic E-state index is 5.85. The molecule has 13 heavy (non-hydrogen) atoms. The first-order valence-electron chi connectivity index (χ1n) is 4.95. The fourth-order valence-corrected chi connectivity index (χ4v) is 1.85. The number of rotatable bonds is 2. The average Bonchev–Trinajstić information content (AvgIpc) is 2.53. The van der Waals surface area contributed by atoms with Crippen LogP contribution in [0.3, 0.4) is 0 Å². The summed E-state index contributed by atoms with van der Waals surface area (Å²) in [6.07, 6.45) is 5.35. The summed E-state index contributed by atoms with van der Waals surface area (Å²) < 4.78 is 0. The SMILES string of the molecule is CCCc1nc(N)c2c(n1)CCC2. The summed E-state index contributed by atoms with van der Waals surface area (Å²) in [5.41, 5.74) is 8.24. The fraction of sp³-hybridized carbons (Fsp3) is 0.600. The first kappa shape index (κ1) is 8.48. The number of hydrogen-bond donors (Lipinski definition) is 1. The smallest absolute Gasteiger partial charge is 0.131 e. The fourth-order valence-electron chi connectivity index (χ4n) is 1.85. The standard InChI is InChI=1S/C10H15N3/c1-2-4-9-12-8-6-3-5-7(8)10(11)13-9/h2-6H2,1H3,(H2,11,12,13). The van der Waals surface area contributed by atoms with E-state index in [1.165, 1.54) is 17.7 Å². The molecule has 1 aromatic heterocycles. The van der Waals surface area contributed by atoms with E-state index in [-0.39, 0.29) is 0 Å². The van der Waals surface area contributed by atoms with Gasteiger partial charge in [-0.25, -0.2) is 9.97 Å². The molecule has 1 aliphatic carbocycles. The van der Waals surface area contributed by atoms with Gasteiger partial charge in [0.05, 0.1) is 0 Å². The van der Waals surface area contributed by atoms with E-state index < -0.39 is 0 Å². The second kappa shape index (κ2) is 3.32. The predicted octanol–water partition coefficient (Wildman–Crippen LogP) is 1.50. The van der Waals surface area contributed by atoms with Gasteiger partial charge in [-0.15, -0.1) is 0 Å². The van der Waals surface area contributed by atoms with Crippen molar-refractivity contribution in [3.05, 3.63) is 17.1 Å². The molecule has 0 unspecified atom stereocenters. The Balaban J connectivity index is 2.37. The molecule has 2 rings (SSSR count). The van der Waals surface area contributed by atoms with Crippen LogP contribution in [0.4, 0.5) is 5.82 Å². The van der Waals surface area contributed by atoms with Gasteiger partial charge in [-0.1, -0.05) is 6.92 Å². The predicted molar refractivity (Wildman–Crippen MR) is 52.5 cm³/mol. The minimum Gasteiger partial charge on any atom is -0.383 e. The van der Waals surface area contributed by atoms with Gasteiger partial charge in [-0.2, -0.15) is 0 Å². The lowest BCUT2D eigenvalue weighted by atomic mass is 10.2. The Kier molecular flexibility index (Phi) is 2.17. The molecule has 3 nitrogen and oxygen atoms in total. The summed E-state index contributed by atoms with van der Waals surface area (Å²) >= 11 is 0. The minimum absolute atomic E-state index is 0.714. The number of aryl methyl sites for hydroxylation is 2. The van der Waals surface area contributed by atoms with Crippen LogP contribution in [-0.4, -0.2) is 9.97 Å². The van der Waals surface area contributed by atoms with Gasteiger partial charge in [0.1, 0.15) is 11.6 Å². The van der Waals surface area contributed by atoms with Crippen molar-refractivity contribution >= 4 is 5.82 Å². The van der Waals surface area contributed by atoms with Crippen LogP contribution in [0.1, 0.15) is 36.8 Å². The monoisotopic (exact) mass is 177 g/mol. The Morgan fingerprint density at radius 2 is 2.15 bits per heavy atom. The zero-order valence-electron chi connectivity index (χ0n) is 8.01. The van der Waals surface area contributed by atoms with E-state index in [9.17, 15) is 0 Å². The minimum atomic E-state index is 0.714. The Labute approximate surface area is 78.4 Å². The third-order valence-corrected chi connectivity index (χ3v) is 2.49. The summed E-state index contributed by atoms with van der Waals surface area (Å²) in [5.74, 6) is 1.63. The van der Waals surface area contributed by atoms with Crippen LogP contribution in [0.2, 0.25) is 0 Å². The van der Waals surface area contributed by atoms with Crippen LogP contribution >= 0.6 is 0 Å². The van der Waals surface area contributed by atoms with Crippen molar-refractivity contribution in [2.75, 3.05) is 5.73 Å². The Morgan fingerprint density at radius 3 is 2.92 bits per heavy atom. The number of nitrogens with zero attached hydrogens (tertiary/aromatic N) is 2. The van der Waals surface area contributed by atoms with E-state index in [0.29, 0.717) is 5.82 Å². The summed E-state index contributed by atoms with van der Waals surface area (Å²) in [4.78, 5) is 8.81. The molecule has 1 aliphatic rings. The van der Waals surface area contributed by atoms with Crippen LogP contribution in [0.15, 0.2) is 0 Å². The number of aromatic nitrogens is 2. The van der Waals surface area contributed by atoms with E-state index in [2.05, 4.69) is 16.9 Å². The Hall–Kier alpha value is -1.12. The van der Waals surface area contributed by atoms with Crippen LogP contribution in [-0.2, 0) is 19.3 Å². The largest absolute Gasteiger partial charge is 0.383 e. The molecule has 0 amide bonds. The molecule has 0 bridgehead atoms. The maximum absolute atomic E-state index is 5.85. The zero-order valence-corrected chi connectivity index (χ0v) is 8.01. The molecule has 0 aliphatic heterocycles. The third kappa shape index (κ3) is 1.50. The highest BCUT2D eigenvalue weighted by molar-refractivity contribution is 5.44. The van der Waals surface area contributed by atoms with Gasteiger partial charge in [0.25, 0.3) is 0 Å². The van der Waals surface area contributed by atoms with Gasteiger partial charge in [0.2, 0.25) is 0 Å². The van der Waals surface area contributed by atoms with Crippen LogP contribution in [0.5, 0.6) is 0 Å². The molecule has 0 atom stereocenters. The molecule has 3 heteroatoms. The van der Waals surface area contributed by atoms with Crippen molar-refractivity contribution < 1.29 is 0 Å². The van der Waals surface area contributed by atoms with Crippen molar-refractivity contribution in [2.24, 2.45) is 0 Å². The molecule has 70 valence electrons. The van der Waals surface area contributed by atoms with E-state index in [4.69, 9.17) is 5.73 Å². The first-order valence-corrected chi connectivity index (χ1v) is 4.95. The quantitative estimate of drug-likeness (QED) is 0.744. The zero-order chi connectivity index (χ0) is 9.26. The topological polar surface area (TPSA) is 51.8 Å². The summed E-state index contributed by atoms with van der Waals surface area (Å²) in [7, 11) is 0. The molecule has 0 fully saturated rings. The lowest BCUT2D eigenvalue weighted by Crippen LogP contribution is -2.05. The van der Waals surface area contributed by atoms with Crippen LogP contribution in [0, 0.1) is 0 Å². The van der Waals surface area contributed by atoms with Gasteiger partial charge in [-0.05, 0) is 25.7 Å². The van der Waals surface area contributed by atoms with Gasteiger partial charge in [-0.3, -0.25) is 0 Å². The summed E-state index contributed by atoms with van der Waals surface area (Å²) in [6.45, 7) is 2.13. The summed E-state index contributed by atoms with van der Waals surface area (Å²) in [5, 5.41) is 0. The van der Waals surface area contributed by atoms with Crippen molar-refractivity contribution in [2.45, 2.75) is 39.0 Å². The van der Waals surface area contributed by atoms with Crippen molar-refractivity contribution in [1.82, 2.24) is 9.97 Å². The highest BCUT2D eigenvalue weighted by atomic mass is 15.0. The van der Waals surface area contributed by atoms with Crippen molar-refractivity contribution in [3.8, 4) is 0 Å². The molecule has 0 radical (unpaired) electrons. The lowest BCUT2D eigenvalue weighted by Gasteiger charge is -2.04. The molecular formula is C10H15N3. The number of hydrogen-bond acceptors (Lipinski definition) is 3. The lowest BCUT2D eigenvalue weighted by molar-refractivity contribution is 0.818. The number of nitrogen functional groups attached to an aromatic ring is 1. The molecule has 1 heterocycles. The van der Waals surface area contributed by atoms with Gasteiger partial charge in [0, 0.05) is 17.7 Å². The maximum Gasteiger partial charge on any atom is 0.131 e. The molecule has 0 saturated heterocycles. The second-order valence-electron chi connectivity index (χ2n) is 3.55. The number of fused-ring (bicyclic) bond motifs is 1. The molecular weight excluding hydrogens is 162 g/mol. The molecule has 1 aromatic rings. The summed E-state index contributed by atoms with van der Waals surface area (Å²) in [6, 6.07) is 0. The van der Waals surface area contributed by atoms with Crippen LogP contribution in [0.25, 0.3) is 0 Å². The average molecular weight is 177 g/mol. The van der Waals surface area contributed by atoms with Crippen molar-refractivity contribution in [3.63, 3.8) is 0 Å². The number of anilines is 1. The molecule has 0 spiro atoms. The first-order chi connectivity index (χ1) is 6.31. The molecule has 0 saturated carbocycles. The molecule has 0 aromatic carbocycles. The molecule has 2 N–H and O–H groups in total. The highest BCUT2D eigenvalue weighted by Crippen LogP contribution is 2.24. The van der Waals surface area contributed by atoms with E-state index in [1.54, 1.807) is 0 Å². The normalized spacial score (nSPS) is 14.5. The Morgan fingerprint density at radius 1 is 1.31 bits per heavy atom. The van der Waals surface area contributed by atoms with E-state index in [0.717, 1.165) is 31.5 Å². The number of nitrogens with two attached hydrogens (primary N) is 1. The van der Waals surface area contributed by atoms with Gasteiger partial charge < -0.3 is 5.73 Å². The highest BCUT2D eigenvalue weighted by Gasteiger charge is 2.16. The van der Waals surface area contributed by atoms with Crippen molar-refractivity contribution in [1.29, 1.82) is 0 Å². The Bertz CT molecular complexity index is 320. The van der Waals surface area contributed by atoms with E-state index >= 15 is 0 Å². The van der Waals surface area contributed by atoms with E-state index in [1.807, 2.05) is 0 Å². The van der Waals surface area contributed by atoms with Crippen LogP contribution < -0.4 is 5.73 Å². The third-order valence-electron chi connectivity index (χ3n) is 2.49. The second-order valence-corrected chi connectivity index (χ2v) is 3.55. The van der Waals surface area contributed by atoms with Gasteiger partial charge >= 0.3 is 0 Å².